The molecular formula is C7H13NO4. The van der Waals surface area contributed by atoms with Crippen LogP contribution in [0.1, 0.15) is 13.8 Å². The Hall–Kier alpha value is -1.10. The van der Waals surface area contributed by atoms with E-state index < -0.39 is 18.0 Å². The lowest BCUT2D eigenvalue weighted by atomic mass is 10.4. The summed E-state index contributed by atoms with van der Waals surface area (Å²) in [6.45, 7) is 3.06. The lowest BCUT2D eigenvalue weighted by Crippen LogP contribution is -2.30. The highest BCUT2D eigenvalue weighted by atomic mass is 16.6. The number of hydrogen-bond acceptors (Lipinski definition) is 5. The number of hydrogen-bond donors (Lipinski definition) is 1. The van der Waals surface area contributed by atoms with Crippen LogP contribution in [0, 0.1) is 0 Å². The van der Waals surface area contributed by atoms with Crippen LogP contribution in [0.5, 0.6) is 0 Å². The molecule has 0 unspecified atom stereocenters. The van der Waals surface area contributed by atoms with Gasteiger partial charge in [0.1, 0.15) is 6.04 Å². The molecule has 5 nitrogen and oxygen atoms in total. The fourth-order valence-corrected chi connectivity index (χ4v) is 0.464. The van der Waals surface area contributed by atoms with Crippen LogP contribution >= 0.6 is 0 Å². The third-order valence-electron chi connectivity index (χ3n) is 1.01. The van der Waals surface area contributed by atoms with Crippen molar-refractivity contribution < 1.29 is 19.1 Å². The smallest absolute Gasteiger partial charge is 0.344 e. The monoisotopic (exact) mass is 175 g/mol. The zero-order chi connectivity index (χ0) is 9.56. The number of esters is 2. The van der Waals surface area contributed by atoms with Gasteiger partial charge in [0, 0.05) is 0 Å². The van der Waals surface area contributed by atoms with Gasteiger partial charge in [0.25, 0.3) is 0 Å². The highest BCUT2D eigenvalue weighted by molar-refractivity contribution is 5.79. The van der Waals surface area contributed by atoms with Gasteiger partial charge >= 0.3 is 11.9 Å². The Morgan fingerprint density at radius 1 is 1.42 bits per heavy atom. The van der Waals surface area contributed by atoms with Gasteiger partial charge in [-0.1, -0.05) is 0 Å². The van der Waals surface area contributed by atoms with Crippen molar-refractivity contribution in [2.24, 2.45) is 5.73 Å². The summed E-state index contributed by atoms with van der Waals surface area (Å²) < 4.78 is 8.99. The molecule has 0 saturated carbocycles. The Bertz CT molecular complexity index is 167. The molecule has 0 aliphatic heterocycles. The second-order valence-electron chi connectivity index (χ2n) is 2.20. The van der Waals surface area contributed by atoms with Gasteiger partial charge < -0.3 is 15.2 Å². The standard InChI is InChI=1S/C7H13NO4/c1-3-11-6(9)4-12-7(10)5(2)8/h5H,3-4,8H2,1-2H3/t5-/m0/s1. The molecule has 0 aromatic heterocycles. The van der Waals surface area contributed by atoms with E-state index in [1.807, 2.05) is 0 Å². The third kappa shape index (κ3) is 4.68. The number of rotatable bonds is 4. The van der Waals surface area contributed by atoms with E-state index >= 15 is 0 Å². The minimum atomic E-state index is -0.709. The molecule has 0 bridgehead atoms. The van der Waals surface area contributed by atoms with E-state index in [9.17, 15) is 9.59 Å². The van der Waals surface area contributed by atoms with Gasteiger partial charge in [-0.2, -0.15) is 0 Å². The number of carbonyl (C=O) groups is 2. The molecule has 1 atom stereocenters. The van der Waals surface area contributed by atoms with E-state index in [-0.39, 0.29) is 13.2 Å². The lowest BCUT2D eigenvalue weighted by molar-refractivity contribution is -0.159. The van der Waals surface area contributed by atoms with E-state index in [1.54, 1.807) is 6.92 Å². The molecule has 0 aromatic carbocycles. The van der Waals surface area contributed by atoms with Crippen molar-refractivity contribution >= 4 is 11.9 Å². The van der Waals surface area contributed by atoms with Crippen LogP contribution < -0.4 is 5.73 Å². The molecule has 0 saturated heterocycles. The van der Waals surface area contributed by atoms with Crippen LogP contribution in [0.25, 0.3) is 0 Å². The zero-order valence-electron chi connectivity index (χ0n) is 7.20. The molecule has 0 aliphatic carbocycles. The Kier molecular flexibility index (Phi) is 5.03. The fraction of sp³-hybridized carbons (Fsp3) is 0.714. The van der Waals surface area contributed by atoms with Gasteiger partial charge in [0.05, 0.1) is 6.61 Å². The molecule has 0 spiro atoms. The van der Waals surface area contributed by atoms with E-state index in [0.717, 1.165) is 0 Å². The second kappa shape index (κ2) is 5.54. The number of carbonyl (C=O) groups excluding carboxylic acids is 2. The van der Waals surface area contributed by atoms with Crippen molar-refractivity contribution in [3.8, 4) is 0 Å². The second-order valence-corrected chi connectivity index (χ2v) is 2.20. The summed E-state index contributed by atoms with van der Waals surface area (Å²) in [5.74, 6) is -1.17. The van der Waals surface area contributed by atoms with Crippen molar-refractivity contribution in [2.45, 2.75) is 19.9 Å². The minimum Gasteiger partial charge on any atom is -0.463 e. The predicted molar refractivity (Wildman–Crippen MR) is 41.2 cm³/mol. The highest BCUT2D eigenvalue weighted by Gasteiger charge is 2.11. The van der Waals surface area contributed by atoms with Crippen LogP contribution in [0.3, 0.4) is 0 Å². The lowest BCUT2D eigenvalue weighted by Gasteiger charge is -2.05. The van der Waals surface area contributed by atoms with E-state index in [2.05, 4.69) is 9.47 Å². The van der Waals surface area contributed by atoms with Crippen LogP contribution in [0.15, 0.2) is 0 Å². The van der Waals surface area contributed by atoms with Crippen molar-refractivity contribution in [3.05, 3.63) is 0 Å². The van der Waals surface area contributed by atoms with Crippen molar-refractivity contribution in [3.63, 3.8) is 0 Å². The van der Waals surface area contributed by atoms with E-state index in [4.69, 9.17) is 5.73 Å². The van der Waals surface area contributed by atoms with Crippen LogP contribution in [-0.4, -0.2) is 31.2 Å². The summed E-state index contributed by atoms with van der Waals surface area (Å²) in [7, 11) is 0. The molecule has 2 N–H and O–H groups in total. The average molecular weight is 175 g/mol. The van der Waals surface area contributed by atoms with Crippen LogP contribution in [0.4, 0.5) is 0 Å². The molecule has 70 valence electrons. The first-order valence-electron chi connectivity index (χ1n) is 3.65. The Morgan fingerprint density at radius 3 is 2.42 bits per heavy atom. The fourth-order valence-electron chi connectivity index (χ4n) is 0.464. The van der Waals surface area contributed by atoms with Crippen molar-refractivity contribution in [2.75, 3.05) is 13.2 Å². The summed E-state index contributed by atoms with van der Waals surface area (Å²) in [5.41, 5.74) is 5.17. The summed E-state index contributed by atoms with van der Waals surface area (Å²) in [4.78, 5) is 21.3. The molecule has 12 heavy (non-hydrogen) atoms. The quantitative estimate of drug-likeness (QED) is 0.579. The zero-order valence-corrected chi connectivity index (χ0v) is 7.20. The molecule has 0 amide bonds. The molecule has 0 rings (SSSR count). The van der Waals surface area contributed by atoms with Gasteiger partial charge in [0.15, 0.2) is 6.61 Å². The maximum absolute atomic E-state index is 10.7. The first-order chi connectivity index (χ1) is 5.57. The van der Waals surface area contributed by atoms with E-state index in [0.29, 0.717) is 0 Å². The molecule has 0 aromatic rings. The van der Waals surface area contributed by atoms with Gasteiger partial charge in [-0.25, -0.2) is 4.79 Å². The first kappa shape index (κ1) is 10.9. The maximum atomic E-state index is 10.7. The molecular weight excluding hydrogens is 162 g/mol. The van der Waals surface area contributed by atoms with Crippen LogP contribution in [-0.2, 0) is 19.1 Å². The Morgan fingerprint density at radius 2 is 2.00 bits per heavy atom. The van der Waals surface area contributed by atoms with Crippen molar-refractivity contribution in [1.82, 2.24) is 0 Å². The molecule has 0 heterocycles. The summed E-state index contributed by atoms with van der Waals surface area (Å²) in [6.07, 6.45) is 0. The molecule has 5 heteroatoms. The summed E-state index contributed by atoms with van der Waals surface area (Å²) in [5, 5.41) is 0. The average Bonchev–Trinajstić information content (AvgIpc) is 2.00. The van der Waals surface area contributed by atoms with Gasteiger partial charge in [0.2, 0.25) is 0 Å². The minimum absolute atomic E-state index is 0.272. The van der Waals surface area contributed by atoms with Gasteiger partial charge in [-0.3, -0.25) is 4.79 Å². The third-order valence-corrected chi connectivity index (χ3v) is 1.01. The highest BCUT2D eigenvalue weighted by Crippen LogP contribution is 1.86. The van der Waals surface area contributed by atoms with Crippen LogP contribution in [0.2, 0.25) is 0 Å². The normalized spacial score (nSPS) is 11.9. The van der Waals surface area contributed by atoms with E-state index in [1.165, 1.54) is 6.92 Å². The number of ether oxygens (including phenoxy) is 2. The SMILES string of the molecule is CCOC(=O)COC(=O)[C@H](C)N. The van der Waals surface area contributed by atoms with Crippen molar-refractivity contribution in [1.29, 1.82) is 0 Å². The number of nitrogens with two attached hydrogens (primary N) is 1. The maximum Gasteiger partial charge on any atom is 0.344 e. The van der Waals surface area contributed by atoms with Gasteiger partial charge in [-0.15, -0.1) is 0 Å². The Balaban J connectivity index is 3.54. The molecule has 0 radical (unpaired) electrons. The molecule has 0 fully saturated rings. The molecule has 0 aliphatic rings. The topological polar surface area (TPSA) is 78.6 Å². The Labute approximate surface area is 70.8 Å². The van der Waals surface area contributed by atoms with Gasteiger partial charge in [-0.05, 0) is 13.8 Å². The first-order valence-corrected chi connectivity index (χ1v) is 3.65. The predicted octanol–water partition coefficient (Wildman–Crippen LogP) is -0.560. The summed E-state index contributed by atoms with van der Waals surface area (Å²) >= 11 is 0. The summed E-state index contributed by atoms with van der Waals surface area (Å²) in [6, 6.07) is -0.709. The largest absolute Gasteiger partial charge is 0.463 e.